The molecule has 0 N–H and O–H groups in total. The zero-order valence-electron chi connectivity index (χ0n) is 17.7. The lowest BCUT2D eigenvalue weighted by Crippen LogP contribution is -2.41. The van der Waals surface area contributed by atoms with E-state index in [1.54, 1.807) is 0 Å². The monoisotopic (exact) mass is 478 g/mol. The topological polar surface area (TPSA) is 50.6 Å². The highest BCUT2D eigenvalue weighted by atomic mass is 79.9. The zero-order valence-corrected chi connectivity index (χ0v) is 20.2. The predicted octanol–water partition coefficient (Wildman–Crippen LogP) is 4.03. The highest BCUT2D eigenvalue weighted by Crippen LogP contribution is 2.27. The third-order valence-electron chi connectivity index (χ3n) is 6.04. The van der Waals surface area contributed by atoms with E-state index >= 15 is 0 Å². The first kappa shape index (κ1) is 21.0. The lowest BCUT2D eigenvalue weighted by atomic mass is 10.0. The van der Waals surface area contributed by atoms with Crippen molar-refractivity contribution in [2.75, 3.05) is 32.8 Å². The Morgan fingerprint density at radius 3 is 2.69 bits per heavy atom. The quantitative estimate of drug-likeness (QED) is 0.464. The van der Waals surface area contributed by atoms with Crippen LogP contribution in [0.2, 0.25) is 25.7 Å². The number of amides is 1. The van der Waals surface area contributed by atoms with Crippen LogP contribution in [0.1, 0.15) is 23.3 Å². The first-order valence-corrected chi connectivity index (χ1v) is 15.1. The van der Waals surface area contributed by atoms with Crippen LogP contribution >= 0.6 is 15.9 Å². The molecule has 0 spiro atoms. The van der Waals surface area contributed by atoms with Crippen LogP contribution in [0.3, 0.4) is 0 Å². The Balaban J connectivity index is 1.58. The molecule has 0 atom stereocenters. The van der Waals surface area contributed by atoms with Crippen LogP contribution in [0.5, 0.6) is 0 Å². The highest BCUT2D eigenvalue weighted by molar-refractivity contribution is 9.10. The summed E-state index contributed by atoms with van der Waals surface area (Å²) in [6.07, 6.45) is 2.13. The molecule has 2 aromatic rings. The van der Waals surface area contributed by atoms with Gasteiger partial charge in [-0.15, -0.1) is 0 Å². The van der Waals surface area contributed by atoms with Crippen molar-refractivity contribution in [3.05, 3.63) is 28.4 Å². The van der Waals surface area contributed by atoms with Crippen molar-refractivity contribution in [3.63, 3.8) is 0 Å². The average Bonchev–Trinajstić information content (AvgIpc) is 2.81. The fourth-order valence-electron chi connectivity index (χ4n) is 4.22. The average molecular weight is 479 g/mol. The number of aromatic nitrogens is 2. The van der Waals surface area contributed by atoms with Crippen LogP contribution in [0.25, 0.3) is 10.9 Å². The molecule has 0 aliphatic carbocycles. The number of hydrogen-bond donors (Lipinski definition) is 0. The van der Waals surface area contributed by atoms with Crippen molar-refractivity contribution < 1.29 is 9.53 Å². The second kappa shape index (κ2) is 8.49. The predicted molar refractivity (Wildman–Crippen MR) is 122 cm³/mol. The normalized spacial score (nSPS) is 22.3. The summed E-state index contributed by atoms with van der Waals surface area (Å²) in [6.45, 7) is 12.1. The van der Waals surface area contributed by atoms with E-state index in [-0.39, 0.29) is 5.91 Å². The standard InChI is InChI=1S/C21H31BrN4O2Si/c1-29(2,3)13-12-28-15-26-19-14-16(22)4-5-18(19)20(23-26)21(27)25-11-10-24-8-6-17(25)7-9-24/h4-5,14,17H,6-13,15H2,1-3H3. The number of piperidine rings is 1. The Morgan fingerprint density at radius 2 is 1.97 bits per heavy atom. The Morgan fingerprint density at radius 1 is 1.21 bits per heavy atom. The molecular weight excluding hydrogens is 448 g/mol. The molecule has 0 unspecified atom stereocenters. The second-order valence-electron chi connectivity index (χ2n) is 9.43. The van der Waals surface area contributed by atoms with Crippen LogP contribution in [0.15, 0.2) is 22.7 Å². The van der Waals surface area contributed by atoms with Crippen molar-refractivity contribution >= 4 is 40.8 Å². The molecule has 0 radical (unpaired) electrons. The molecule has 158 valence electrons. The Kier molecular flexibility index (Phi) is 6.16. The van der Waals surface area contributed by atoms with Gasteiger partial charge >= 0.3 is 0 Å². The van der Waals surface area contributed by atoms with Crippen LogP contribution in [-0.4, -0.2) is 72.4 Å². The summed E-state index contributed by atoms with van der Waals surface area (Å²) in [5.41, 5.74) is 1.50. The van der Waals surface area contributed by atoms with Gasteiger partial charge in [0, 0.05) is 56.8 Å². The molecule has 1 aromatic carbocycles. The fraction of sp³-hybridized carbons (Fsp3) is 0.619. The van der Waals surface area contributed by atoms with E-state index in [9.17, 15) is 4.79 Å². The molecule has 3 aliphatic rings. The molecule has 3 saturated heterocycles. The summed E-state index contributed by atoms with van der Waals surface area (Å²) in [5, 5.41) is 5.64. The third kappa shape index (κ3) is 4.76. The summed E-state index contributed by atoms with van der Waals surface area (Å²) in [5.74, 6) is 0.0620. The SMILES string of the molecule is C[Si](C)(C)CCOCn1nc(C(=O)N2CCN3CCC2CC3)c2ccc(Br)cc21. The third-order valence-corrected chi connectivity index (χ3v) is 8.24. The van der Waals surface area contributed by atoms with Gasteiger partial charge in [0.25, 0.3) is 5.91 Å². The van der Waals surface area contributed by atoms with Gasteiger partial charge < -0.3 is 14.5 Å². The largest absolute Gasteiger partial charge is 0.360 e. The fourth-order valence-corrected chi connectivity index (χ4v) is 5.33. The van der Waals surface area contributed by atoms with E-state index in [1.165, 1.54) is 0 Å². The summed E-state index contributed by atoms with van der Waals surface area (Å²) < 4.78 is 8.76. The van der Waals surface area contributed by atoms with Gasteiger partial charge in [-0.25, -0.2) is 4.68 Å². The van der Waals surface area contributed by atoms with Crippen LogP contribution in [0, 0.1) is 0 Å². The number of carbonyl (C=O) groups excluding carboxylic acids is 1. The van der Waals surface area contributed by atoms with Gasteiger partial charge in [-0.2, -0.15) is 5.10 Å². The zero-order chi connectivity index (χ0) is 20.6. The number of rotatable bonds is 6. The van der Waals surface area contributed by atoms with Crippen molar-refractivity contribution in [1.82, 2.24) is 19.6 Å². The second-order valence-corrected chi connectivity index (χ2v) is 16.0. The van der Waals surface area contributed by atoms with Gasteiger partial charge in [-0.3, -0.25) is 4.79 Å². The molecule has 1 amide bonds. The van der Waals surface area contributed by atoms with Gasteiger partial charge in [0.1, 0.15) is 6.73 Å². The van der Waals surface area contributed by atoms with E-state index in [0.29, 0.717) is 18.5 Å². The summed E-state index contributed by atoms with van der Waals surface area (Å²) in [6, 6.07) is 7.47. The van der Waals surface area contributed by atoms with E-state index in [0.717, 1.165) is 67.0 Å². The lowest BCUT2D eigenvalue weighted by molar-refractivity contribution is 0.0666. The maximum absolute atomic E-state index is 13.5. The molecule has 3 aliphatic heterocycles. The maximum atomic E-state index is 13.5. The molecule has 2 bridgehead atoms. The summed E-state index contributed by atoms with van der Waals surface area (Å²) in [7, 11) is -1.13. The van der Waals surface area contributed by atoms with E-state index in [1.807, 2.05) is 22.9 Å². The highest BCUT2D eigenvalue weighted by Gasteiger charge is 2.34. The smallest absolute Gasteiger partial charge is 0.275 e. The van der Waals surface area contributed by atoms with Gasteiger partial charge in [0.05, 0.1) is 5.52 Å². The van der Waals surface area contributed by atoms with Crippen LogP contribution in [-0.2, 0) is 11.5 Å². The number of carbonyl (C=O) groups is 1. The van der Waals surface area contributed by atoms with E-state index < -0.39 is 8.07 Å². The number of benzene rings is 1. The minimum atomic E-state index is -1.13. The number of hydrogen-bond acceptors (Lipinski definition) is 4. The van der Waals surface area contributed by atoms with Crippen LogP contribution in [0.4, 0.5) is 0 Å². The molecular formula is C21H31BrN4O2Si. The first-order chi connectivity index (χ1) is 13.8. The minimum absolute atomic E-state index is 0.0620. The Hall–Kier alpha value is -1.22. The van der Waals surface area contributed by atoms with Gasteiger partial charge in [0.2, 0.25) is 0 Å². The van der Waals surface area contributed by atoms with Crippen molar-refractivity contribution in [2.24, 2.45) is 0 Å². The number of ether oxygens (including phenoxy) is 1. The Bertz CT molecular complexity index is 887. The minimum Gasteiger partial charge on any atom is -0.360 e. The lowest BCUT2D eigenvalue weighted by Gasteiger charge is -2.31. The van der Waals surface area contributed by atoms with Crippen molar-refractivity contribution in [3.8, 4) is 0 Å². The number of nitrogens with zero attached hydrogens (tertiary/aromatic N) is 4. The maximum Gasteiger partial charge on any atom is 0.275 e. The molecule has 6 nitrogen and oxygen atoms in total. The van der Waals surface area contributed by atoms with Gasteiger partial charge in [-0.05, 0) is 37.1 Å². The Labute approximate surface area is 182 Å². The van der Waals surface area contributed by atoms with Crippen molar-refractivity contribution in [1.29, 1.82) is 0 Å². The summed E-state index contributed by atoms with van der Waals surface area (Å²) in [4.78, 5) is 18.0. The molecule has 29 heavy (non-hydrogen) atoms. The van der Waals surface area contributed by atoms with Gasteiger partial charge in [-0.1, -0.05) is 35.6 Å². The molecule has 5 rings (SSSR count). The molecule has 0 saturated carbocycles. The van der Waals surface area contributed by atoms with Crippen LogP contribution < -0.4 is 0 Å². The molecule has 1 aromatic heterocycles. The number of fused-ring (bicyclic) bond motifs is 5. The molecule has 3 fully saturated rings. The van der Waals surface area contributed by atoms with Crippen molar-refractivity contribution in [2.45, 2.75) is 51.3 Å². The number of halogens is 1. The summed E-state index contributed by atoms with van der Waals surface area (Å²) >= 11 is 3.56. The van der Waals surface area contributed by atoms with E-state index in [2.05, 4.69) is 45.4 Å². The molecule has 4 heterocycles. The van der Waals surface area contributed by atoms with Gasteiger partial charge in [0.15, 0.2) is 5.69 Å². The molecule has 8 heteroatoms. The first-order valence-electron chi connectivity index (χ1n) is 10.6. The van der Waals surface area contributed by atoms with E-state index in [4.69, 9.17) is 9.84 Å².